The van der Waals surface area contributed by atoms with E-state index in [2.05, 4.69) is 0 Å². The highest BCUT2D eigenvalue weighted by Crippen LogP contribution is 2.57. The van der Waals surface area contributed by atoms with Gasteiger partial charge >= 0.3 is 20.1 Å². The van der Waals surface area contributed by atoms with Crippen molar-refractivity contribution in [2.45, 2.75) is 76.1 Å². The second-order valence-electron chi connectivity index (χ2n) is 7.47. The summed E-state index contributed by atoms with van der Waals surface area (Å²) in [6.45, 7) is 4.80. The molecule has 0 amide bonds. The van der Waals surface area contributed by atoms with Crippen molar-refractivity contribution in [2.75, 3.05) is 7.05 Å². The van der Waals surface area contributed by atoms with Gasteiger partial charge in [-0.3, -0.25) is 4.90 Å². The molecule has 5 nitrogen and oxygen atoms in total. The van der Waals surface area contributed by atoms with Gasteiger partial charge in [-0.15, -0.1) is 0 Å². The van der Waals surface area contributed by atoms with Crippen LogP contribution in [0.3, 0.4) is 0 Å². The molecule has 2 atom stereocenters. The number of nitrogens with zero attached hydrogens (tertiary/aromatic N) is 2. The molecule has 150 valence electrons. The molecular weight excluding hydrogens is 377 g/mol. The Morgan fingerprint density at radius 1 is 0.880 bits per heavy atom. The van der Waals surface area contributed by atoms with E-state index in [1.807, 2.05) is 0 Å². The van der Waals surface area contributed by atoms with Gasteiger partial charge in [0.1, 0.15) is 0 Å². The Kier molecular flexibility index (Phi) is 5.78. The molecule has 0 radical (unpaired) electrons. The monoisotopic (exact) mass is 400 g/mol. The lowest BCUT2D eigenvalue weighted by molar-refractivity contribution is -0.203. The number of rotatable bonds is 3. The molecule has 0 aromatic heterocycles. The Morgan fingerprint density at radius 3 is 1.36 bits per heavy atom. The molecule has 1 heterocycles. The first kappa shape index (κ1) is 22.7. The van der Waals surface area contributed by atoms with Crippen molar-refractivity contribution in [3.63, 3.8) is 0 Å². The Hall–Kier alpha value is -0.350. The molecular formula is C13H23F6N2O3P. The van der Waals surface area contributed by atoms with Crippen LogP contribution in [0.1, 0.15) is 40.5 Å². The van der Waals surface area contributed by atoms with E-state index in [-0.39, 0.29) is 0 Å². The smallest absolute Gasteiger partial charge is 0.312 e. The summed E-state index contributed by atoms with van der Waals surface area (Å²) in [4.78, 5) is 20.3. The van der Waals surface area contributed by atoms with E-state index in [4.69, 9.17) is 0 Å². The average Bonchev–Trinajstić information content (AvgIpc) is 2.25. The predicted molar refractivity (Wildman–Crippen MR) is 78.7 cm³/mol. The number of hydrogen-bond acceptors (Lipinski definition) is 2. The Bertz CT molecular complexity index is 507. The predicted octanol–water partition coefficient (Wildman–Crippen LogP) is 3.53. The third-order valence-electron chi connectivity index (χ3n) is 4.82. The largest absolute Gasteiger partial charge is 0.404 e. The molecule has 0 spiro atoms. The fourth-order valence-corrected chi connectivity index (χ4v) is 5.75. The number of halogens is 6. The van der Waals surface area contributed by atoms with Gasteiger partial charge in [0.15, 0.2) is 0 Å². The van der Waals surface area contributed by atoms with Crippen molar-refractivity contribution in [3.05, 3.63) is 0 Å². The number of alkyl halides is 6. The van der Waals surface area contributed by atoms with Crippen LogP contribution in [0.15, 0.2) is 0 Å². The summed E-state index contributed by atoms with van der Waals surface area (Å²) >= 11 is 0. The van der Waals surface area contributed by atoms with Gasteiger partial charge in [-0.2, -0.15) is 31.0 Å². The Morgan fingerprint density at radius 2 is 1.16 bits per heavy atom. The van der Waals surface area contributed by atoms with E-state index in [1.54, 1.807) is 0 Å². The van der Waals surface area contributed by atoms with Crippen molar-refractivity contribution < 1.29 is 40.7 Å². The van der Waals surface area contributed by atoms with Crippen molar-refractivity contribution in [2.24, 2.45) is 0 Å². The first-order valence-corrected chi connectivity index (χ1v) is 8.99. The molecule has 2 unspecified atom stereocenters. The van der Waals surface area contributed by atoms with Gasteiger partial charge in [-0.1, -0.05) is 0 Å². The molecule has 1 aliphatic rings. The van der Waals surface area contributed by atoms with Crippen LogP contribution >= 0.6 is 7.75 Å². The van der Waals surface area contributed by atoms with Crippen LogP contribution in [0.2, 0.25) is 0 Å². The van der Waals surface area contributed by atoms with E-state index in [0.29, 0.717) is 4.67 Å². The zero-order valence-corrected chi connectivity index (χ0v) is 15.4. The van der Waals surface area contributed by atoms with Crippen molar-refractivity contribution >= 4 is 7.75 Å². The van der Waals surface area contributed by atoms with Gasteiger partial charge in [-0.05, 0) is 34.7 Å². The minimum Gasteiger partial charge on any atom is -0.312 e. The van der Waals surface area contributed by atoms with Crippen molar-refractivity contribution in [1.82, 2.24) is 9.57 Å². The highest BCUT2D eigenvalue weighted by molar-refractivity contribution is 7.49. The topological polar surface area (TPSA) is 64.0 Å². The molecule has 1 rings (SSSR count). The third kappa shape index (κ3) is 4.88. The second kappa shape index (κ2) is 6.37. The van der Waals surface area contributed by atoms with E-state index in [9.17, 15) is 40.7 Å². The average molecular weight is 400 g/mol. The minimum atomic E-state index is -5.14. The number of likely N-dealkylation sites (N-methyl/N-ethyl adjacent to an activating group) is 1. The van der Waals surface area contributed by atoms with E-state index >= 15 is 0 Å². The zero-order chi connectivity index (χ0) is 20.2. The number of piperazine rings is 1. The van der Waals surface area contributed by atoms with E-state index in [0.717, 1.165) is 11.9 Å². The van der Waals surface area contributed by atoms with Crippen molar-refractivity contribution in [3.8, 4) is 0 Å². The summed E-state index contributed by atoms with van der Waals surface area (Å²) in [7, 11) is -4.01. The first-order valence-electron chi connectivity index (χ1n) is 7.43. The molecule has 0 aromatic rings. The van der Waals surface area contributed by atoms with Gasteiger partial charge in [-0.25, -0.2) is 4.57 Å². The first-order chi connectivity index (χ1) is 10.7. The summed E-state index contributed by atoms with van der Waals surface area (Å²) in [5.74, 6) is 0. The highest BCUT2D eigenvalue weighted by Gasteiger charge is 2.62. The lowest BCUT2D eigenvalue weighted by Gasteiger charge is -2.63. The SMILES string of the molecule is CN1C(CC(F)(F)F)C(C)(C)N(P(=O)(O)O)C(C)(C)C1CC(F)(F)F. The third-order valence-corrected chi connectivity index (χ3v) is 6.37. The van der Waals surface area contributed by atoms with Gasteiger partial charge < -0.3 is 9.79 Å². The zero-order valence-electron chi connectivity index (χ0n) is 14.5. The molecule has 1 fully saturated rings. The van der Waals surface area contributed by atoms with Crippen LogP contribution < -0.4 is 0 Å². The summed E-state index contributed by atoms with van der Waals surface area (Å²) in [5.41, 5.74) is -3.45. The van der Waals surface area contributed by atoms with Gasteiger partial charge in [0.25, 0.3) is 0 Å². The molecule has 0 aromatic carbocycles. The van der Waals surface area contributed by atoms with Crippen LogP contribution in [-0.4, -0.2) is 61.9 Å². The summed E-state index contributed by atoms with van der Waals surface area (Å²) < 4.78 is 90.3. The molecule has 1 saturated heterocycles. The Balaban J connectivity index is 3.54. The summed E-state index contributed by atoms with van der Waals surface area (Å²) in [6, 6.07) is -3.14. The molecule has 2 N–H and O–H groups in total. The minimum absolute atomic E-state index is 0.500. The maximum Gasteiger partial charge on any atom is 0.404 e. The maximum absolute atomic E-state index is 13.0. The lowest BCUT2D eigenvalue weighted by Crippen LogP contribution is -2.75. The van der Waals surface area contributed by atoms with Gasteiger partial charge in [0, 0.05) is 23.2 Å². The van der Waals surface area contributed by atoms with Crippen molar-refractivity contribution in [1.29, 1.82) is 0 Å². The molecule has 25 heavy (non-hydrogen) atoms. The number of hydrogen-bond donors (Lipinski definition) is 2. The summed E-state index contributed by atoms with van der Waals surface area (Å²) in [6.07, 6.45) is -12.4. The highest BCUT2D eigenvalue weighted by atomic mass is 31.2. The van der Waals surface area contributed by atoms with E-state index < -0.39 is 56.1 Å². The second-order valence-corrected chi connectivity index (χ2v) is 8.89. The van der Waals surface area contributed by atoms with E-state index in [1.165, 1.54) is 27.7 Å². The van der Waals surface area contributed by atoms with Crippen LogP contribution in [0.4, 0.5) is 26.3 Å². The normalized spacial score (nSPS) is 29.0. The summed E-state index contributed by atoms with van der Waals surface area (Å²) in [5, 5.41) is 0. The van der Waals surface area contributed by atoms with Crippen LogP contribution in [0.25, 0.3) is 0 Å². The quantitative estimate of drug-likeness (QED) is 0.561. The molecule has 1 aliphatic heterocycles. The molecule has 0 aliphatic carbocycles. The standard InChI is InChI=1S/C13H23F6N2O3P/c1-10(2)8(6-12(14,15)16)20(5)9(7-13(17,18)19)11(3,4)21(10)25(22,23)24/h8-9H,6-7H2,1-5H3,(H2,22,23,24). The maximum atomic E-state index is 13.0. The van der Waals surface area contributed by atoms with Crippen LogP contribution in [-0.2, 0) is 4.57 Å². The van der Waals surface area contributed by atoms with Gasteiger partial charge in [0.05, 0.1) is 12.8 Å². The lowest BCUT2D eigenvalue weighted by atomic mass is 9.77. The van der Waals surface area contributed by atoms with Crippen LogP contribution in [0.5, 0.6) is 0 Å². The van der Waals surface area contributed by atoms with Gasteiger partial charge in [0.2, 0.25) is 0 Å². The molecule has 0 saturated carbocycles. The van der Waals surface area contributed by atoms with Crippen LogP contribution in [0, 0.1) is 0 Å². The fraction of sp³-hybridized carbons (Fsp3) is 1.00. The Labute approximate surface area is 142 Å². The molecule has 0 bridgehead atoms. The fourth-order valence-electron chi connectivity index (χ4n) is 4.14. The molecule has 12 heteroatoms.